The van der Waals surface area contributed by atoms with E-state index in [-0.39, 0.29) is 11.7 Å². The van der Waals surface area contributed by atoms with Gasteiger partial charge in [-0.3, -0.25) is 0 Å². The highest BCUT2D eigenvalue weighted by Crippen LogP contribution is 2.27. The predicted molar refractivity (Wildman–Crippen MR) is 87.1 cm³/mol. The zero-order chi connectivity index (χ0) is 16.5. The van der Waals surface area contributed by atoms with Gasteiger partial charge in [0.2, 0.25) is 0 Å². The predicted octanol–water partition coefficient (Wildman–Crippen LogP) is 4.69. The topological polar surface area (TPSA) is 42.2 Å². The molecule has 2 rings (SSSR count). The van der Waals surface area contributed by atoms with E-state index in [1.807, 2.05) is 31.2 Å². The molecule has 0 heterocycles. The molecule has 0 aromatic heterocycles. The van der Waals surface area contributed by atoms with Gasteiger partial charge in [0.15, 0.2) is 11.5 Å². The van der Waals surface area contributed by atoms with E-state index in [4.69, 9.17) is 9.47 Å². The van der Waals surface area contributed by atoms with Gasteiger partial charge in [0, 0.05) is 0 Å². The van der Waals surface area contributed by atoms with Crippen LogP contribution in [0.4, 0.5) is 4.39 Å². The Morgan fingerprint density at radius 3 is 2.48 bits per heavy atom. The summed E-state index contributed by atoms with van der Waals surface area (Å²) in [5.41, 5.74) is 0.710. The third kappa shape index (κ3) is 5.00. The Morgan fingerprint density at radius 1 is 1.09 bits per heavy atom. The molecule has 0 fully saturated rings. The highest BCUT2D eigenvalue weighted by atomic mass is 19.1. The smallest absolute Gasteiger partial charge is 0.161 e. The molecule has 0 spiro atoms. The van der Waals surface area contributed by atoms with Crippen molar-refractivity contribution in [3.05, 3.63) is 59.9 Å². The van der Waals surface area contributed by atoms with Gasteiger partial charge in [-0.15, -0.1) is 0 Å². The zero-order valence-electron chi connectivity index (χ0n) is 13.2. The van der Waals surface area contributed by atoms with Crippen molar-refractivity contribution in [2.24, 2.45) is 0 Å². The summed E-state index contributed by atoms with van der Waals surface area (Å²) < 4.78 is 24.5. The summed E-state index contributed by atoms with van der Waals surface area (Å²) in [6.45, 7) is 2.99. The molecule has 1 unspecified atom stereocenters. The van der Waals surface area contributed by atoms with Crippen LogP contribution in [-0.2, 0) is 0 Å². The SMILES string of the molecule is CCOc1ccccc1OCCCC(C#N)c1cccc(F)c1. The van der Waals surface area contributed by atoms with E-state index in [2.05, 4.69) is 6.07 Å². The normalized spacial score (nSPS) is 11.5. The van der Waals surface area contributed by atoms with E-state index in [0.717, 1.165) is 5.75 Å². The first kappa shape index (κ1) is 16.8. The molecule has 2 aromatic rings. The minimum atomic E-state index is -0.323. The number of halogens is 1. The lowest BCUT2D eigenvalue weighted by Gasteiger charge is -2.13. The highest BCUT2D eigenvalue weighted by molar-refractivity contribution is 5.39. The van der Waals surface area contributed by atoms with Crippen molar-refractivity contribution in [2.75, 3.05) is 13.2 Å². The Hall–Kier alpha value is -2.54. The fraction of sp³-hybridized carbons (Fsp3) is 0.316. The molecule has 0 amide bonds. The number of benzene rings is 2. The Balaban J connectivity index is 1.86. The van der Waals surface area contributed by atoms with Gasteiger partial charge >= 0.3 is 0 Å². The van der Waals surface area contributed by atoms with E-state index < -0.39 is 0 Å². The molecule has 0 saturated heterocycles. The molecule has 2 aromatic carbocycles. The van der Waals surface area contributed by atoms with Gasteiger partial charge in [-0.25, -0.2) is 4.39 Å². The lowest BCUT2D eigenvalue weighted by atomic mass is 9.96. The maximum absolute atomic E-state index is 13.2. The van der Waals surface area contributed by atoms with Crippen molar-refractivity contribution in [2.45, 2.75) is 25.7 Å². The summed E-state index contributed by atoms with van der Waals surface area (Å²) >= 11 is 0. The van der Waals surface area contributed by atoms with Gasteiger partial charge in [0.1, 0.15) is 5.82 Å². The van der Waals surface area contributed by atoms with E-state index >= 15 is 0 Å². The Labute approximate surface area is 136 Å². The van der Waals surface area contributed by atoms with Crippen molar-refractivity contribution in [3.63, 3.8) is 0 Å². The molecule has 1 atom stereocenters. The third-order valence-corrected chi connectivity index (χ3v) is 3.45. The van der Waals surface area contributed by atoms with Crippen molar-refractivity contribution in [1.29, 1.82) is 5.26 Å². The van der Waals surface area contributed by atoms with Crippen LogP contribution in [0.15, 0.2) is 48.5 Å². The molecule has 0 radical (unpaired) electrons. The molecular formula is C19H20FNO2. The maximum atomic E-state index is 13.2. The van der Waals surface area contributed by atoms with E-state index in [1.165, 1.54) is 12.1 Å². The average molecular weight is 313 g/mol. The molecule has 23 heavy (non-hydrogen) atoms. The molecule has 0 aliphatic carbocycles. The van der Waals surface area contributed by atoms with E-state index in [9.17, 15) is 9.65 Å². The van der Waals surface area contributed by atoms with Crippen LogP contribution in [-0.4, -0.2) is 13.2 Å². The second kappa shape index (κ2) is 8.79. The second-order valence-corrected chi connectivity index (χ2v) is 5.11. The number of rotatable bonds is 8. The Kier molecular flexibility index (Phi) is 6.43. The zero-order valence-corrected chi connectivity index (χ0v) is 13.2. The lowest BCUT2D eigenvalue weighted by molar-refractivity contribution is 0.270. The first-order valence-electron chi connectivity index (χ1n) is 7.74. The molecule has 0 aliphatic rings. The molecule has 0 aliphatic heterocycles. The quantitative estimate of drug-likeness (QED) is 0.664. The molecule has 0 saturated carbocycles. The number of nitrogens with zero attached hydrogens (tertiary/aromatic N) is 1. The largest absolute Gasteiger partial charge is 0.490 e. The Morgan fingerprint density at radius 2 is 1.83 bits per heavy atom. The summed E-state index contributed by atoms with van der Waals surface area (Å²) in [4.78, 5) is 0. The van der Waals surface area contributed by atoms with E-state index in [0.29, 0.717) is 37.4 Å². The van der Waals surface area contributed by atoms with Gasteiger partial charge in [-0.05, 0) is 49.6 Å². The monoisotopic (exact) mass is 313 g/mol. The van der Waals surface area contributed by atoms with Gasteiger partial charge in [-0.1, -0.05) is 24.3 Å². The number of nitriles is 1. The summed E-state index contributed by atoms with van der Waals surface area (Å²) in [5.74, 6) is 0.784. The molecular weight excluding hydrogens is 293 g/mol. The first-order valence-corrected chi connectivity index (χ1v) is 7.74. The minimum Gasteiger partial charge on any atom is -0.490 e. The molecule has 120 valence electrons. The number of hydrogen-bond acceptors (Lipinski definition) is 3. The lowest BCUT2D eigenvalue weighted by Crippen LogP contribution is -2.03. The van der Waals surface area contributed by atoms with Gasteiger partial charge in [-0.2, -0.15) is 5.26 Å². The van der Waals surface area contributed by atoms with Crippen LogP contribution < -0.4 is 9.47 Å². The maximum Gasteiger partial charge on any atom is 0.161 e. The summed E-state index contributed by atoms with van der Waals surface area (Å²) in [6.07, 6.45) is 1.33. The summed E-state index contributed by atoms with van der Waals surface area (Å²) in [6, 6.07) is 15.9. The summed E-state index contributed by atoms with van der Waals surface area (Å²) in [7, 11) is 0. The summed E-state index contributed by atoms with van der Waals surface area (Å²) in [5, 5.41) is 9.27. The first-order chi connectivity index (χ1) is 11.2. The van der Waals surface area contributed by atoms with Crippen LogP contribution in [0.2, 0.25) is 0 Å². The van der Waals surface area contributed by atoms with Crippen LogP contribution >= 0.6 is 0 Å². The molecule has 3 nitrogen and oxygen atoms in total. The van der Waals surface area contributed by atoms with Gasteiger partial charge in [0.25, 0.3) is 0 Å². The van der Waals surface area contributed by atoms with E-state index in [1.54, 1.807) is 12.1 Å². The van der Waals surface area contributed by atoms with Crippen molar-refractivity contribution in [3.8, 4) is 17.6 Å². The number of para-hydroxylation sites is 2. The molecule has 0 bridgehead atoms. The Bertz CT molecular complexity index is 666. The van der Waals surface area contributed by atoms with Crippen molar-refractivity contribution >= 4 is 0 Å². The second-order valence-electron chi connectivity index (χ2n) is 5.11. The number of ether oxygens (including phenoxy) is 2. The van der Waals surface area contributed by atoms with Crippen molar-refractivity contribution < 1.29 is 13.9 Å². The molecule has 4 heteroatoms. The fourth-order valence-electron chi connectivity index (χ4n) is 2.34. The van der Waals surface area contributed by atoms with Gasteiger partial charge in [0.05, 0.1) is 25.2 Å². The van der Waals surface area contributed by atoms with Crippen molar-refractivity contribution in [1.82, 2.24) is 0 Å². The molecule has 0 N–H and O–H groups in total. The van der Waals surface area contributed by atoms with Crippen LogP contribution in [0.3, 0.4) is 0 Å². The van der Waals surface area contributed by atoms with Crippen LogP contribution in [0.5, 0.6) is 11.5 Å². The fourth-order valence-corrected chi connectivity index (χ4v) is 2.34. The van der Waals surface area contributed by atoms with Crippen LogP contribution in [0, 0.1) is 17.1 Å². The van der Waals surface area contributed by atoms with Crippen LogP contribution in [0.25, 0.3) is 0 Å². The highest BCUT2D eigenvalue weighted by Gasteiger charge is 2.11. The standard InChI is InChI=1S/C19H20FNO2/c1-2-22-18-10-3-4-11-19(18)23-12-6-8-16(14-21)15-7-5-9-17(20)13-15/h3-5,7,9-11,13,16H,2,6,8,12H2,1H3. The number of hydrogen-bond donors (Lipinski definition) is 0. The van der Waals surface area contributed by atoms with Gasteiger partial charge < -0.3 is 9.47 Å². The third-order valence-electron chi connectivity index (χ3n) is 3.45. The minimum absolute atomic E-state index is 0.315. The average Bonchev–Trinajstić information content (AvgIpc) is 2.56. The van der Waals surface area contributed by atoms with Crippen LogP contribution in [0.1, 0.15) is 31.2 Å².